The number of hydrogen-bond acceptors (Lipinski definition) is 5. The Morgan fingerprint density at radius 1 is 1.30 bits per heavy atom. The van der Waals surface area contributed by atoms with Crippen molar-refractivity contribution in [2.45, 2.75) is 6.18 Å². The molecule has 9 heteroatoms. The summed E-state index contributed by atoms with van der Waals surface area (Å²) in [6.07, 6.45) is -2.87. The van der Waals surface area contributed by atoms with Crippen LogP contribution in [0, 0.1) is 10.1 Å². The third-order valence-corrected chi connectivity index (χ3v) is 3.04. The first-order valence-electron chi connectivity index (χ1n) is 6.00. The van der Waals surface area contributed by atoms with Crippen molar-refractivity contribution in [1.29, 1.82) is 0 Å². The number of piperazine rings is 1. The zero-order valence-electron chi connectivity index (χ0n) is 10.5. The molecule has 0 aliphatic carbocycles. The second-order valence-corrected chi connectivity index (χ2v) is 4.51. The molecule has 0 saturated carbocycles. The Labute approximate surface area is 113 Å². The third kappa shape index (κ3) is 3.80. The van der Waals surface area contributed by atoms with Crippen molar-refractivity contribution in [3.05, 3.63) is 28.4 Å². The lowest BCUT2D eigenvalue weighted by atomic mass is 10.3. The number of anilines is 1. The van der Waals surface area contributed by atoms with Crippen LogP contribution in [-0.4, -0.2) is 53.7 Å². The van der Waals surface area contributed by atoms with E-state index in [1.165, 1.54) is 23.2 Å². The fourth-order valence-corrected chi connectivity index (χ4v) is 2.08. The van der Waals surface area contributed by atoms with Gasteiger partial charge in [0.25, 0.3) is 5.69 Å². The second kappa shape index (κ2) is 5.61. The van der Waals surface area contributed by atoms with E-state index in [2.05, 4.69) is 4.98 Å². The number of aromatic nitrogens is 1. The Bertz CT molecular complexity index is 487. The normalized spacial score (nSPS) is 17.2. The highest BCUT2D eigenvalue weighted by Crippen LogP contribution is 2.21. The van der Waals surface area contributed by atoms with E-state index in [0.29, 0.717) is 18.9 Å². The summed E-state index contributed by atoms with van der Waals surface area (Å²) in [6.45, 7) is 0.311. The summed E-state index contributed by atoms with van der Waals surface area (Å²) < 4.78 is 36.8. The standard InChI is InChI=1S/C11H13F3N4O2/c12-11(13,14)8-16-3-5-17(6-4-16)10-7-9(18(19)20)1-2-15-10/h1-2,7H,3-6,8H2. The van der Waals surface area contributed by atoms with Crippen LogP contribution >= 0.6 is 0 Å². The molecule has 0 amide bonds. The summed E-state index contributed by atoms with van der Waals surface area (Å²) in [6, 6.07) is 2.61. The lowest BCUT2D eigenvalue weighted by Gasteiger charge is -2.35. The van der Waals surface area contributed by atoms with Crippen molar-refractivity contribution in [1.82, 2.24) is 9.88 Å². The van der Waals surface area contributed by atoms with Gasteiger partial charge in [0.05, 0.1) is 17.5 Å². The van der Waals surface area contributed by atoms with Gasteiger partial charge in [-0.25, -0.2) is 4.98 Å². The molecule has 1 aromatic heterocycles. The third-order valence-electron chi connectivity index (χ3n) is 3.04. The van der Waals surface area contributed by atoms with E-state index in [1.54, 1.807) is 4.90 Å². The van der Waals surface area contributed by atoms with Crippen LogP contribution in [-0.2, 0) is 0 Å². The average molecular weight is 290 g/mol. The minimum absolute atomic E-state index is 0.0762. The van der Waals surface area contributed by atoms with Crippen molar-refractivity contribution in [2.24, 2.45) is 0 Å². The zero-order valence-corrected chi connectivity index (χ0v) is 10.5. The molecule has 0 atom stereocenters. The van der Waals surface area contributed by atoms with Crippen molar-refractivity contribution in [3.63, 3.8) is 0 Å². The van der Waals surface area contributed by atoms with Crippen LogP contribution in [0.5, 0.6) is 0 Å². The number of halogens is 3. The van der Waals surface area contributed by atoms with Crippen LogP contribution in [0.2, 0.25) is 0 Å². The molecule has 110 valence electrons. The van der Waals surface area contributed by atoms with Gasteiger partial charge >= 0.3 is 6.18 Å². The van der Waals surface area contributed by atoms with Crippen molar-refractivity contribution < 1.29 is 18.1 Å². The number of hydrogen-bond donors (Lipinski definition) is 0. The smallest absolute Gasteiger partial charge is 0.354 e. The number of alkyl halides is 3. The van der Waals surface area contributed by atoms with E-state index in [0.717, 1.165) is 0 Å². The van der Waals surface area contributed by atoms with Gasteiger partial charge in [-0.15, -0.1) is 0 Å². The van der Waals surface area contributed by atoms with Crippen LogP contribution in [0.25, 0.3) is 0 Å². The van der Waals surface area contributed by atoms with Crippen LogP contribution < -0.4 is 4.90 Å². The molecule has 0 radical (unpaired) electrons. The summed E-state index contributed by atoms with van der Waals surface area (Å²) >= 11 is 0. The van der Waals surface area contributed by atoms with E-state index in [1.807, 2.05) is 0 Å². The van der Waals surface area contributed by atoms with Gasteiger partial charge in [-0.2, -0.15) is 13.2 Å². The summed E-state index contributed by atoms with van der Waals surface area (Å²) in [7, 11) is 0. The average Bonchev–Trinajstić information content (AvgIpc) is 2.38. The van der Waals surface area contributed by atoms with Crippen LogP contribution in [0.1, 0.15) is 0 Å². The fourth-order valence-electron chi connectivity index (χ4n) is 2.08. The Kier molecular flexibility index (Phi) is 4.07. The number of nitrogens with zero attached hydrogens (tertiary/aromatic N) is 4. The van der Waals surface area contributed by atoms with Crippen molar-refractivity contribution in [2.75, 3.05) is 37.6 Å². The molecule has 0 unspecified atom stereocenters. The Hall–Kier alpha value is -1.90. The van der Waals surface area contributed by atoms with Crippen molar-refractivity contribution in [3.8, 4) is 0 Å². The summed E-state index contributed by atoms with van der Waals surface area (Å²) in [5.74, 6) is 0.422. The van der Waals surface area contributed by atoms with E-state index >= 15 is 0 Å². The molecule has 1 aliphatic rings. The lowest BCUT2D eigenvalue weighted by Crippen LogP contribution is -2.49. The fraction of sp³-hybridized carbons (Fsp3) is 0.545. The number of rotatable bonds is 3. The molecule has 1 aliphatic heterocycles. The molecule has 0 spiro atoms. The molecule has 0 N–H and O–H groups in total. The molecule has 2 heterocycles. The topological polar surface area (TPSA) is 62.5 Å². The first-order valence-corrected chi connectivity index (χ1v) is 6.00. The highest BCUT2D eigenvalue weighted by molar-refractivity contribution is 5.46. The molecule has 1 saturated heterocycles. The van der Waals surface area contributed by atoms with E-state index in [-0.39, 0.29) is 18.8 Å². The highest BCUT2D eigenvalue weighted by Gasteiger charge is 2.32. The van der Waals surface area contributed by atoms with Crippen molar-refractivity contribution >= 4 is 11.5 Å². The van der Waals surface area contributed by atoms with Crippen LogP contribution in [0.15, 0.2) is 18.3 Å². The van der Waals surface area contributed by atoms with Gasteiger partial charge in [-0.1, -0.05) is 0 Å². The van der Waals surface area contributed by atoms with Gasteiger partial charge in [-0.3, -0.25) is 15.0 Å². The van der Waals surface area contributed by atoms with Crippen LogP contribution in [0.3, 0.4) is 0 Å². The van der Waals surface area contributed by atoms with Gasteiger partial charge in [-0.05, 0) is 0 Å². The number of pyridine rings is 1. The molecule has 2 rings (SSSR count). The lowest BCUT2D eigenvalue weighted by molar-refractivity contribution is -0.384. The molecular formula is C11H13F3N4O2. The van der Waals surface area contributed by atoms with Gasteiger partial charge in [0.15, 0.2) is 0 Å². The molecule has 20 heavy (non-hydrogen) atoms. The largest absolute Gasteiger partial charge is 0.401 e. The van der Waals surface area contributed by atoms with E-state index < -0.39 is 17.6 Å². The Morgan fingerprint density at radius 3 is 2.50 bits per heavy atom. The van der Waals surface area contributed by atoms with E-state index in [4.69, 9.17) is 0 Å². The zero-order chi connectivity index (χ0) is 14.8. The second-order valence-electron chi connectivity index (χ2n) is 4.51. The molecule has 1 aromatic rings. The molecule has 0 bridgehead atoms. The minimum Gasteiger partial charge on any atom is -0.354 e. The minimum atomic E-state index is -4.20. The SMILES string of the molecule is O=[N+]([O-])c1ccnc(N2CCN(CC(F)(F)F)CC2)c1. The highest BCUT2D eigenvalue weighted by atomic mass is 19.4. The molecule has 6 nitrogen and oxygen atoms in total. The maximum Gasteiger partial charge on any atom is 0.401 e. The first kappa shape index (κ1) is 14.5. The maximum absolute atomic E-state index is 12.3. The van der Waals surface area contributed by atoms with Gasteiger partial charge < -0.3 is 4.90 Å². The first-order chi connectivity index (χ1) is 9.35. The van der Waals surface area contributed by atoms with Crippen LogP contribution in [0.4, 0.5) is 24.7 Å². The van der Waals surface area contributed by atoms with Gasteiger partial charge in [0.2, 0.25) is 0 Å². The summed E-state index contributed by atoms with van der Waals surface area (Å²) in [5.41, 5.74) is -0.0762. The molecule has 1 fully saturated rings. The monoisotopic (exact) mass is 290 g/mol. The predicted octanol–water partition coefficient (Wildman–Crippen LogP) is 1.67. The summed E-state index contributed by atoms with van der Waals surface area (Å²) in [4.78, 5) is 17.2. The molecule has 0 aromatic carbocycles. The predicted molar refractivity (Wildman–Crippen MR) is 65.6 cm³/mol. The Balaban J connectivity index is 1.97. The van der Waals surface area contributed by atoms with Gasteiger partial charge in [0, 0.05) is 38.4 Å². The number of nitro groups is 1. The van der Waals surface area contributed by atoms with Gasteiger partial charge in [0.1, 0.15) is 5.82 Å². The van der Waals surface area contributed by atoms with E-state index in [9.17, 15) is 23.3 Å². The maximum atomic E-state index is 12.3. The Morgan fingerprint density at radius 2 is 1.95 bits per heavy atom. The summed E-state index contributed by atoms with van der Waals surface area (Å²) in [5, 5.41) is 10.7. The molecular weight excluding hydrogens is 277 g/mol. The quantitative estimate of drug-likeness (QED) is 0.626.